The zero-order chi connectivity index (χ0) is 15.9. The number of nitrogens with two attached hydrogens (primary N) is 2. The highest BCUT2D eigenvalue weighted by atomic mass is 16.5. The minimum Gasteiger partial charge on any atom is -0.488 e. The van der Waals surface area contributed by atoms with Gasteiger partial charge in [-0.2, -0.15) is 0 Å². The zero-order valence-corrected chi connectivity index (χ0v) is 12.2. The first-order chi connectivity index (χ1) is 10.6. The van der Waals surface area contributed by atoms with Gasteiger partial charge in [0, 0.05) is 0 Å². The van der Waals surface area contributed by atoms with Crippen LogP contribution in [0.25, 0.3) is 0 Å². The zero-order valence-electron chi connectivity index (χ0n) is 12.2. The molecule has 0 radical (unpaired) electrons. The Morgan fingerprint density at radius 1 is 0.955 bits per heavy atom. The van der Waals surface area contributed by atoms with Crippen molar-refractivity contribution in [1.29, 1.82) is 0 Å². The molecular weight excluding hydrogens is 284 g/mol. The second-order valence-corrected chi connectivity index (χ2v) is 4.48. The molecule has 0 fully saturated rings. The van der Waals surface area contributed by atoms with E-state index >= 15 is 0 Å². The van der Waals surface area contributed by atoms with Gasteiger partial charge in [-0.3, -0.25) is 0 Å². The molecule has 0 amide bonds. The number of esters is 1. The molecule has 0 aliphatic rings. The largest absolute Gasteiger partial charge is 0.488 e. The number of benzene rings is 2. The third-order valence-corrected chi connectivity index (χ3v) is 2.95. The minimum atomic E-state index is -0.443. The van der Waals surface area contributed by atoms with Crippen molar-refractivity contribution in [2.45, 2.75) is 0 Å². The molecule has 0 aromatic heterocycles. The first-order valence-corrected chi connectivity index (χ1v) is 6.69. The predicted octanol–water partition coefficient (Wildman–Crippen LogP) is 2.10. The molecule has 0 aliphatic heterocycles. The van der Waals surface area contributed by atoms with Crippen molar-refractivity contribution < 1.29 is 19.0 Å². The normalized spacial score (nSPS) is 10.0. The van der Waals surface area contributed by atoms with Crippen LogP contribution in [-0.2, 0) is 4.74 Å². The third kappa shape index (κ3) is 3.82. The van der Waals surface area contributed by atoms with E-state index in [0.29, 0.717) is 41.7 Å². The molecule has 4 N–H and O–H groups in total. The van der Waals surface area contributed by atoms with E-state index in [1.807, 2.05) is 12.1 Å². The van der Waals surface area contributed by atoms with E-state index in [0.717, 1.165) is 0 Å². The number of nitrogen functional groups attached to an aromatic ring is 2. The maximum atomic E-state index is 11.4. The number of hydrogen-bond donors (Lipinski definition) is 2. The molecule has 0 spiro atoms. The molecule has 0 saturated heterocycles. The molecule has 0 atom stereocenters. The highest BCUT2D eigenvalue weighted by molar-refractivity contribution is 5.90. The Morgan fingerprint density at radius 2 is 1.59 bits per heavy atom. The molecule has 0 unspecified atom stereocenters. The molecular formula is C16H18N2O4. The summed E-state index contributed by atoms with van der Waals surface area (Å²) in [5, 5.41) is 0. The van der Waals surface area contributed by atoms with Crippen molar-refractivity contribution in [3.05, 3.63) is 48.0 Å². The number of anilines is 2. The molecule has 2 rings (SSSR count). The summed E-state index contributed by atoms with van der Waals surface area (Å²) in [6, 6.07) is 12.0. The monoisotopic (exact) mass is 302 g/mol. The van der Waals surface area contributed by atoms with Gasteiger partial charge in [-0.25, -0.2) is 4.79 Å². The Bertz CT molecular complexity index is 658. The van der Waals surface area contributed by atoms with Crippen LogP contribution in [-0.4, -0.2) is 26.3 Å². The van der Waals surface area contributed by atoms with Gasteiger partial charge in [0.25, 0.3) is 0 Å². The van der Waals surface area contributed by atoms with Crippen molar-refractivity contribution in [1.82, 2.24) is 0 Å². The lowest BCUT2D eigenvalue weighted by Gasteiger charge is -2.11. The second-order valence-electron chi connectivity index (χ2n) is 4.48. The molecule has 0 saturated carbocycles. The number of carbonyl (C=O) groups excluding carboxylic acids is 1. The van der Waals surface area contributed by atoms with E-state index in [2.05, 4.69) is 4.74 Å². The average molecular weight is 302 g/mol. The molecule has 2 aromatic rings. The number of methoxy groups -OCH3 is 1. The standard InChI is InChI=1S/C16H18N2O4/c1-20-16(19)11-6-7-15(13(18)10-11)22-9-8-21-14-5-3-2-4-12(14)17/h2-7,10H,8-9,17-18H2,1H3. The van der Waals surface area contributed by atoms with Crippen molar-refractivity contribution in [2.75, 3.05) is 31.8 Å². The van der Waals surface area contributed by atoms with Crippen LogP contribution in [0.15, 0.2) is 42.5 Å². The molecule has 6 heteroatoms. The van der Waals surface area contributed by atoms with Gasteiger partial charge in [0.1, 0.15) is 24.7 Å². The fourth-order valence-electron chi connectivity index (χ4n) is 1.84. The Labute approximate surface area is 128 Å². The fraction of sp³-hybridized carbons (Fsp3) is 0.188. The van der Waals surface area contributed by atoms with E-state index < -0.39 is 5.97 Å². The molecule has 22 heavy (non-hydrogen) atoms. The summed E-state index contributed by atoms with van der Waals surface area (Å²) < 4.78 is 15.7. The maximum Gasteiger partial charge on any atom is 0.337 e. The average Bonchev–Trinajstić information content (AvgIpc) is 2.53. The van der Waals surface area contributed by atoms with E-state index in [-0.39, 0.29) is 0 Å². The fourth-order valence-corrected chi connectivity index (χ4v) is 1.84. The van der Waals surface area contributed by atoms with Gasteiger partial charge in [0.15, 0.2) is 0 Å². The van der Waals surface area contributed by atoms with Crippen LogP contribution < -0.4 is 20.9 Å². The quantitative estimate of drug-likeness (QED) is 0.482. The lowest BCUT2D eigenvalue weighted by molar-refractivity contribution is 0.0600. The first-order valence-electron chi connectivity index (χ1n) is 6.69. The van der Waals surface area contributed by atoms with E-state index in [4.69, 9.17) is 20.9 Å². The molecule has 116 valence electrons. The van der Waals surface area contributed by atoms with Crippen molar-refractivity contribution in [2.24, 2.45) is 0 Å². The molecule has 0 aliphatic carbocycles. The third-order valence-electron chi connectivity index (χ3n) is 2.95. The van der Waals surface area contributed by atoms with Gasteiger partial charge in [0.2, 0.25) is 0 Å². The van der Waals surface area contributed by atoms with E-state index in [1.165, 1.54) is 13.2 Å². The van der Waals surface area contributed by atoms with Gasteiger partial charge in [0.05, 0.1) is 24.0 Å². The van der Waals surface area contributed by atoms with Crippen molar-refractivity contribution >= 4 is 17.3 Å². The Balaban J connectivity index is 1.87. The van der Waals surface area contributed by atoms with Crippen LogP contribution in [0.5, 0.6) is 11.5 Å². The molecule has 2 aromatic carbocycles. The molecule has 6 nitrogen and oxygen atoms in total. The molecule has 0 heterocycles. The second kappa shape index (κ2) is 7.21. The summed E-state index contributed by atoms with van der Waals surface area (Å²) in [6.45, 7) is 0.627. The smallest absolute Gasteiger partial charge is 0.337 e. The number of ether oxygens (including phenoxy) is 3. The van der Waals surface area contributed by atoms with Crippen LogP contribution in [0.3, 0.4) is 0 Å². The van der Waals surface area contributed by atoms with Gasteiger partial charge in [-0.15, -0.1) is 0 Å². The minimum absolute atomic E-state index is 0.302. The Kier molecular flexibility index (Phi) is 5.08. The van der Waals surface area contributed by atoms with Crippen LogP contribution in [0, 0.1) is 0 Å². The Morgan fingerprint density at radius 3 is 2.18 bits per heavy atom. The Hall–Kier alpha value is -2.89. The maximum absolute atomic E-state index is 11.4. The van der Waals surface area contributed by atoms with Crippen LogP contribution in [0.1, 0.15) is 10.4 Å². The number of para-hydroxylation sites is 2. The first kappa shape index (κ1) is 15.5. The van der Waals surface area contributed by atoms with Crippen LogP contribution in [0.2, 0.25) is 0 Å². The summed E-state index contributed by atoms with van der Waals surface area (Å²) in [7, 11) is 1.32. The van der Waals surface area contributed by atoms with Gasteiger partial charge < -0.3 is 25.7 Å². The summed E-state index contributed by atoms with van der Waals surface area (Å²) in [5.74, 6) is 0.651. The predicted molar refractivity (Wildman–Crippen MR) is 84.0 cm³/mol. The summed E-state index contributed by atoms with van der Waals surface area (Å²) in [4.78, 5) is 11.4. The van der Waals surface area contributed by atoms with Crippen molar-refractivity contribution in [3.63, 3.8) is 0 Å². The lowest BCUT2D eigenvalue weighted by Crippen LogP contribution is -2.11. The molecule has 0 bridgehead atoms. The topological polar surface area (TPSA) is 96.8 Å². The van der Waals surface area contributed by atoms with Crippen LogP contribution in [0.4, 0.5) is 11.4 Å². The van der Waals surface area contributed by atoms with E-state index in [1.54, 1.807) is 24.3 Å². The highest BCUT2D eigenvalue weighted by Crippen LogP contribution is 2.23. The summed E-state index contributed by atoms with van der Waals surface area (Å²) in [5.41, 5.74) is 12.9. The van der Waals surface area contributed by atoms with Crippen molar-refractivity contribution in [3.8, 4) is 11.5 Å². The van der Waals surface area contributed by atoms with Gasteiger partial charge >= 0.3 is 5.97 Å². The van der Waals surface area contributed by atoms with E-state index in [9.17, 15) is 4.79 Å². The number of rotatable bonds is 6. The number of carbonyl (C=O) groups is 1. The van der Waals surface area contributed by atoms with Gasteiger partial charge in [-0.1, -0.05) is 12.1 Å². The SMILES string of the molecule is COC(=O)c1ccc(OCCOc2ccccc2N)c(N)c1. The lowest BCUT2D eigenvalue weighted by atomic mass is 10.2. The highest BCUT2D eigenvalue weighted by Gasteiger charge is 2.08. The number of hydrogen-bond acceptors (Lipinski definition) is 6. The van der Waals surface area contributed by atoms with Crippen LogP contribution >= 0.6 is 0 Å². The van der Waals surface area contributed by atoms with Gasteiger partial charge in [-0.05, 0) is 30.3 Å². The summed E-state index contributed by atoms with van der Waals surface area (Å²) in [6.07, 6.45) is 0. The summed E-state index contributed by atoms with van der Waals surface area (Å²) >= 11 is 0.